The van der Waals surface area contributed by atoms with Gasteiger partial charge < -0.3 is 0 Å². The zero-order chi connectivity index (χ0) is 14.1. The van der Waals surface area contributed by atoms with Crippen molar-refractivity contribution in [2.24, 2.45) is 0 Å². The highest BCUT2D eigenvalue weighted by atomic mass is 35.5. The normalized spacial score (nSPS) is 16.3. The molecule has 0 bridgehead atoms. The molecule has 3 rings (SSSR count). The van der Waals surface area contributed by atoms with E-state index in [-0.39, 0.29) is 17.1 Å². The molecule has 0 N–H and O–H groups in total. The summed E-state index contributed by atoms with van der Waals surface area (Å²) in [6, 6.07) is 4.75. The molecule has 0 aliphatic heterocycles. The minimum absolute atomic E-state index is 0.0586. The molecule has 0 amide bonds. The summed E-state index contributed by atoms with van der Waals surface area (Å²) in [5.74, 6) is 0.405. The summed E-state index contributed by atoms with van der Waals surface area (Å²) in [5, 5.41) is 11.7. The lowest BCUT2D eigenvalue weighted by molar-refractivity contribution is 0.590. The number of halogens is 2. The molecule has 106 valence electrons. The number of benzene rings is 1. The van der Waals surface area contributed by atoms with E-state index < -0.39 is 16.6 Å². The summed E-state index contributed by atoms with van der Waals surface area (Å²) in [7, 11) is -1.31. The zero-order valence-corrected chi connectivity index (χ0v) is 12.1. The van der Waals surface area contributed by atoms with E-state index in [0.717, 1.165) is 12.8 Å². The molecule has 1 heterocycles. The molecule has 1 aromatic carbocycles. The Balaban J connectivity index is 1.72. The Morgan fingerprint density at radius 3 is 2.90 bits per heavy atom. The summed E-state index contributed by atoms with van der Waals surface area (Å²) in [6.45, 7) is 0. The molecule has 1 saturated carbocycles. The second kappa shape index (κ2) is 5.57. The quantitative estimate of drug-likeness (QED) is 0.849. The Labute approximate surface area is 122 Å². The van der Waals surface area contributed by atoms with E-state index in [4.69, 9.17) is 11.6 Å². The predicted octanol–water partition coefficient (Wildman–Crippen LogP) is 2.25. The average Bonchev–Trinajstić information content (AvgIpc) is 3.15. The minimum Gasteiger partial charge on any atom is -0.259 e. The van der Waals surface area contributed by atoms with Crippen LogP contribution in [0.1, 0.15) is 30.3 Å². The summed E-state index contributed by atoms with van der Waals surface area (Å²) in [6.07, 6.45) is 2.09. The third-order valence-electron chi connectivity index (χ3n) is 3.11. The number of hydrogen-bond donors (Lipinski definition) is 0. The van der Waals surface area contributed by atoms with Gasteiger partial charge >= 0.3 is 0 Å². The van der Waals surface area contributed by atoms with E-state index in [1.807, 2.05) is 0 Å². The Morgan fingerprint density at radius 1 is 1.40 bits per heavy atom. The van der Waals surface area contributed by atoms with Crippen LogP contribution < -0.4 is 0 Å². The molecular formula is C12H12ClFN4OS. The third kappa shape index (κ3) is 2.88. The van der Waals surface area contributed by atoms with Crippen molar-refractivity contribution in [3.05, 3.63) is 40.4 Å². The Morgan fingerprint density at radius 2 is 2.20 bits per heavy atom. The van der Waals surface area contributed by atoms with Crippen molar-refractivity contribution >= 4 is 22.4 Å². The van der Waals surface area contributed by atoms with Crippen LogP contribution in [-0.4, -0.2) is 24.4 Å². The molecule has 0 spiro atoms. The van der Waals surface area contributed by atoms with Gasteiger partial charge in [-0.2, -0.15) is 0 Å². The maximum absolute atomic E-state index is 13.6. The molecule has 1 atom stereocenters. The number of hydrogen-bond acceptors (Lipinski definition) is 4. The van der Waals surface area contributed by atoms with E-state index in [0.29, 0.717) is 16.9 Å². The van der Waals surface area contributed by atoms with Crippen LogP contribution in [0.15, 0.2) is 18.2 Å². The maximum atomic E-state index is 13.6. The topological polar surface area (TPSA) is 60.7 Å². The molecule has 0 saturated heterocycles. The molecule has 1 aromatic heterocycles. The van der Waals surface area contributed by atoms with Crippen LogP contribution in [0.25, 0.3) is 0 Å². The highest BCUT2D eigenvalue weighted by Crippen LogP contribution is 2.34. The van der Waals surface area contributed by atoms with Gasteiger partial charge in [0.15, 0.2) is 5.82 Å². The first-order chi connectivity index (χ1) is 9.65. The van der Waals surface area contributed by atoms with Crippen LogP contribution in [0.4, 0.5) is 4.39 Å². The van der Waals surface area contributed by atoms with Crippen molar-refractivity contribution in [2.45, 2.75) is 30.4 Å². The smallest absolute Gasteiger partial charge is 0.164 e. The number of tetrazole rings is 1. The Hall–Kier alpha value is -1.34. The lowest BCUT2D eigenvalue weighted by Crippen LogP contribution is -2.09. The summed E-state index contributed by atoms with van der Waals surface area (Å²) in [5.41, 5.74) is 0.276. The van der Waals surface area contributed by atoms with Gasteiger partial charge in [0.25, 0.3) is 0 Å². The molecule has 1 fully saturated rings. The van der Waals surface area contributed by atoms with Crippen molar-refractivity contribution in [2.75, 3.05) is 0 Å². The first kappa shape index (κ1) is 13.6. The van der Waals surface area contributed by atoms with Gasteiger partial charge in [0.2, 0.25) is 0 Å². The second-order valence-corrected chi connectivity index (χ2v) is 6.56. The predicted molar refractivity (Wildman–Crippen MR) is 73.0 cm³/mol. The van der Waals surface area contributed by atoms with Crippen molar-refractivity contribution in [3.8, 4) is 0 Å². The van der Waals surface area contributed by atoms with E-state index in [1.54, 1.807) is 10.7 Å². The average molecular weight is 315 g/mol. The SMILES string of the molecule is O=[S@@](Cc1c(F)cccc1Cl)Cc1nnnn1C1CC1. The fraction of sp³-hybridized carbons (Fsp3) is 0.417. The third-order valence-corrected chi connectivity index (χ3v) is 4.66. The molecular weight excluding hydrogens is 303 g/mol. The fourth-order valence-corrected chi connectivity index (χ4v) is 3.44. The molecule has 5 nitrogen and oxygen atoms in total. The monoisotopic (exact) mass is 314 g/mol. The highest BCUT2D eigenvalue weighted by Gasteiger charge is 2.28. The van der Waals surface area contributed by atoms with E-state index in [9.17, 15) is 8.60 Å². The number of rotatable bonds is 5. The molecule has 1 aliphatic rings. The van der Waals surface area contributed by atoms with Gasteiger partial charge in [0.1, 0.15) is 5.82 Å². The molecule has 20 heavy (non-hydrogen) atoms. The standard InChI is InChI=1S/C12H12ClFN4OS/c13-10-2-1-3-11(14)9(10)6-20(19)7-12-15-16-17-18(12)8-4-5-8/h1-3,8H,4-7H2/t20-/m0/s1. The van der Waals surface area contributed by atoms with Gasteiger partial charge in [-0.15, -0.1) is 5.10 Å². The lowest BCUT2D eigenvalue weighted by Gasteiger charge is -2.06. The molecule has 2 aromatic rings. The summed E-state index contributed by atoms with van der Waals surface area (Å²) >= 11 is 5.93. The Kier molecular flexibility index (Phi) is 3.80. The van der Waals surface area contributed by atoms with E-state index in [2.05, 4.69) is 15.5 Å². The summed E-state index contributed by atoms with van der Waals surface area (Å²) < 4.78 is 27.5. The fourth-order valence-electron chi connectivity index (χ4n) is 1.94. The first-order valence-corrected chi connectivity index (χ1v) is 8.06. The lowest BCUT2D eigenvalue weighted by atomic mass is 10.2. The van der Waals surface area contributed by atoms with Crippen LogP contribution in [-0.2, 0) is 22.3 Å². The summed E-state index contributed by atoms with van der Waals surface area (Å²) in [4.78, 5) is 0. The van der Waals surface area contributed by atoms with Crippen LogP contribution in [0.3, 0.4) is 0 Å². The van der Waals surface area contributed by atoms with Gasteiger partial charge in [0.05, 0.1) is 17.5 Å². The maximum Gasteiger partial charge on any atom is 0.164 e. The van der Waals surface area contributed by atoms with Gasteiger partial charge in [-0.25, -0.2) is 9.07 Å². The van der Waals surface area contributed by atoms with Crippen LogP contribution in [0.5, 0.6) is 0 Å². The van der Waals surface area contributed by atoms with E-state index >= 15 is 0 Å². The number of aromatic nitrogens is 4. The molecule has 1 aliphatic carbocycles. The van der Waals surface area contributed by atoms with Crippen LogP contribution in [0.2, 0.25) is 5.02 Å². The highest BCUT2D eigenvalue weighted by molar-refractivity contribution is 7.83. The number of nitrogens with zero attached hydrogens (tertiary/aromatic N) is 4. The van der Waals surface area contributed by atoms with Crippen LogP contribution >= 0.6 is 11.6 Å². The molecule has 0 unspecified atom stereocenters. The van der Waals surface area contributed by atoms with Gasteiger partial charge in [-0.3, -0.25) is 4.21 Å². The molecule has 0 radical (unpaired) electrons. The van der Waals surface area contributed by atoms with Crippen molar-refractivity contribution in [3.63, 3.8) is 0 Å². The van der Waals surface area contributed by atoms with Gasteiger partial charge in [-0.1, -0.05) is 17.7 Å². The van der Waals surface area contributed by atoms with Crippen molar-refractivity contribution in [1.29, 1.82) is 0 Å². The van der Waals surface area contributed by atoms with Crippen LogP contribution in [0, 0.1) is 5.82 Å². The van der Waals surface area contributed by atoms with Crippen molar-refractivity contribution < 1.29 is 8.60 Å². The molecule has 8 heteroatoms. The Bertz CT molecular complexity index is 638. The minimum atomic E-state index is -1.31. The largest absolute Gasteiger partial charge is 0.259 e. The zero-order valence-electron chi connectivity index (χ0n) is 10.5. The van der Waals surface area contributed by atoms with Gasteiger partial charge in [0, 0.05) is 21.4 Å². The second-order valence-electron chi connectivity index (χ2n) is 4.70. The first-order valence-electron chi connectivity index (χ1n) is 6.20. The van der Waals surface area contributed by atoms with Crippen molar-refractivity contribution in [1.82, 2.24) is 20.2 Å². The van der Waals surface area contributed by atoms with Gasteiger partial charge in [-0.05, 0) is 35.4 Å². The van der Waals surface area contributed by atoms with E-state index in [1.165, 1.54) is 12.1 Å².